The lowest BCUT2D eigenvalue weighted by atomic mass is 9.90. The lowest BCUT2D eigenvalue weighted by Crippen LogP contribution is -2.10. The zero-order valence-corrected chi connectivity index (χ0v) is 17.3. The maximum Gasteiger partial charge on any atom is 0.415 e. The zero-order chi connectivity index (χ0) is 22.6. The van der Waals surface area contributed by atoms with E-state index in [4.69, 9.17) is 0 Å². The van der Waals surface area contributed by atoms with Gasteiger partial charge in [-0.15, -0.1) is 0 Å². The summed E-state index contributed by atoms with van der Waals surface area (Å²) in [7, 11) is 0. The lowest BCUT2D eigenvalue weighted by molar-refractivity contribution is -0.143. The van der Waals surface area contributed by atoms with Crippen LogP contribution in [0.3, 0.4) is 0 Å². The Morgan fingerprint density at radius 1 is 1.17 bits per heavy atom. The molecule has 0 aliphatic heterocycles. The van der Waals surface area contributed by atoms with Crippen molar-refractivity contribution in [2.24, 2.45) is 0 Å². The highest BCUT2D eigenvalue weighted by atomic mass is 19.4. The van der Waals surface area contributed by atoms with Gasteiger partial charge in [-0.2, -0.15) is 13.2 Å². The van der Waals surface area contributed by atoms with E-state index < -0.39 is 47.8 Å². The average Bonchev–Trinajstić information content (AvgIpc) is 3.48. The van der Waals surface area contributed by atoms with Gasteiger partial charge < -0.3 is 4.74 Å². The fraction of sp³-hybridized carbons (Fsp3) is 0.435. The summed E-state index contributed by atoms with van der Waals surface area (Å²) < 4.78 is 73.4. The van der Waals surface area contributed by atoms with Crippen LogP contribution in [0.4, 0.5) is 22.0 Å². The molecule has 2 nitrogen and oxygen atoms in total. The number of hydrogen-bond acceptors (Lipinski definition) is 2. The highest BCUT2D eigenvalue weighted by molar-refractivity contribution is 5.83. The number of allylic oxidation sites excluding steroid dienone is 5. The molecule has 2 rings (SSSR count). The number of carbonyl (C=O) groups is 1. The molecule has 0 bridgehead atoms. The van der Waals surface area contributed by atoms with E-state index in [1.54, 1.807) is 32.9 Å². The van der Waals surface area contributed by atoms with Crippen molar-refractivity contribution < 1.29 is 31.5 Å². The first-order valence-corrected chi connectivity index (χ1v) is 9.75. The van der Waals surface area contributed by atoms with Crippen LogP contribution >= 0.6 is 0 Å². The predicted molar refractivity (Wildman–Crippen MR) is 106 cm³/mol. The number of benzene rings is 1. The van der Waals surface area contributed by atoms with Crippen LogP contribution < -0.4 is 0 Å². The van der Waals surface area contributed by atoms with Crippen LogP contribution in [0.2, 0.25) is 0 Å². The number of carbonyl (C=O) groups excluding carboxylic acids is 1. The average molecular weight is 428 g/mol. The van der Waals surface area contributed by atoms with Gasteiger partial charge in [0.05, 0.1) is 13.0 Å². The first-order chi connectivity index (χ1) is 14.0. The zero-order valence-electron chi connectivity index (χ0n) is 17.3. The van der Waals surface area contributed by atoms with Gasteiger partial charge >= 0.3 is 12.1 Å². The summed E-state index contributed by atoms with van der Waals surface area (Å²) in [6, 6.07) is 3.60. The summed E-state index contributed by atoms with van der Waals surface area (Å²) in [5, 5.41) is 0. The molecule has 0 saturated heterocycles. The third-order valence-electron chi connectivity index (χ3n) is 4.88. The van der Waals surface area contributed by atoms with Crippen molar-refractivity contribution in [3.63, 3.8) is 0 Å². The summed E-state index contributed by atoms with van der Waals surface area (Å²) >= 11 is 0. The van der Waals surface area contributed by atoms with E-state index in [0.29, 0.717) is 23.1 Å². The second kappa shape index (κ2) is 9.58. The third-order valence-corrected chi connectivity index (χ3v) is 4.88. The number of ether oxygens (including phenoxy) is 1. The Kier molecular flexibility index (Phi) is 7.61. The Hall–Kier alpha value is -2.44. The molecule has 1 aliphatic carbocycles. The van der Waals surface area contributed by atoms with E-state index in [0.717, 1.165) is 18.4 Å². The Morgan fingerprint density at radius 3 is 2.20 bits per heavy atom. The number of rotatable bonds is 8. The second-order valence-electron chi connectivity index (χ2n) is 7.41. The van der Waals surface area contributed by atoms with Gasteiger partial charge in [-0.05, 0) is 67.9 Å². The van der Waals surface area contributed by atoms with Gasteiger partial charge in [0, 0.05) is 17.6 Å². The predicted octanol–water partition coefficient (Wildman–Crippen LogP) is 7.18. The Balaban J connectivity index is 2.51. The Labute approximate surface area is 173 Å². The molecular formula is C23H25F5O2. The maximum atomic E-state index is 15.0. The number of alkyl halides is 3. The van der Waals surface area contributed by atoms with Crippen LogP contribution in [0.1, 0.15) is 60.8 Å². The normalized spacial score (nSPS) is 15.7. The minimum atomic E-state index is -4.79. The minimum absolute atomic E-state index is 0.0922. The van der Waals surface area contributed by atoms with E-state index in [-0.39, 0.29) is 12.2 Å². The van der Waals surface area contributed by atoms with Crippen LogP contribution in [0.15, 0.2) is 42.0 Å². The van der Waals surface area contributed by atoms with E-state index in [1.165, 1.54) is 0 Å². The highest BCUT2D eigenvalue weighted by Crippen LogP contribution is 2.43. The van der Waals surface area contributed by atoms with Gasteiger partial charge in [-0.3, -0.25) is 4.79 Å². The molecule has 0 atom stereocenters. The fourth-order valence-electron chi connectivity index (χ4n) is 3.28. The minimum Gasteiger partial charge on any atom is -0.466 e. The molecule has 0 radical (unpaired) electrons. The number of aryl methyl sites for hydroxylation is 2. The van der Waals surface area contributed by atoms with Gasteiger partial charge in [0.2, 0.25) is 0 Å². The van der Waals surface area contributed by atoms with Gasteiger partial charge in [-0.25, -0.2) is 8.78 Å². The first-order valence-electron chi connectivity index (χ1n) is 9.75. The van der Waals surface area contributed by atoms with Crippen molar-refractivity contribution in [3.8, 4) is 0 Å². The summed E-state index contributed by atoms with van der Waals surface area (Å²) in [4.78, 5) is 11.4. The molecule has 0 aromatic heterocycles. The first kappa shape index (κ1) is 23.8. The molecule has 1 aliphatic rings. The smallest absolute Gasteiger partial charge is 0.415 e. The number of hydrogen-bond donors (Lipinski definition) is 0. The molecule has 0 N–H and O–H groups in total. The fourth-order valence-corrected chi connectivity index (χ4v) is 3.28. The van der Waals surface area contributed by atoms with E-state index >= 15 is 4.39 Å². The summed E-state index contributed by atoms with van der Waals surface area (Å²) in [5.74, 6) is -3.06. The molecule has 0 unspecified atom stereocenters. The molecule has 1 saturated carbocycles. The van der Waals surface area contributed by atoms with Crippen molar-refractivity contribution in [2.75, 3.05) is 6.61 Å². The third kappa shape index (κ3) is 6.03. The standard InChI is InChI=1S/C23H25F5O2/c1-5-30-20(29)9-8-19(24)22(25)18(12-15(4)23(26,27)28)21-13(2)10-17(11-14(21)3)16-6-7-16/h10-12,16H,4-9H2,1-3H3/b18-12-,22-19+. The Bertz CT molecular complexity index is 866. The quantitative estimate of drug-likeness (QED) is 0.249. The van der Waals surface area contributed by atoms with Crippen LogP contribution in [-0.4, -0.2) is 18.8 Å². The number of esters is 1. The summed E-state index contributed by atoms with van der Waals surface area (Å²) in [6.45, 7) is 7.94. The molecule has 0 amide bonds. The SMILES string of the molecule is C=C(/C=C(\C(F)=C(/F)CCC(=O)OCC)c1c(C)cc(C2CC2)cc1C)C(F)(F)F. The Morgan fingerprint density at radius 2 is 1.73 bits per heavy atom. The molecule has 30 heavy (non-hydrogen) atoms. The van der Waals surface area contributed by atoms with Crippen molar-refractivity contribution in [3.05, 3.63) is 64.3 Å². The molecule has 7 heteroatoms. The van der Waals surface area contributed by atoms with Crippen LogP contribution in [0, 0.1) is 13.8 Å². The monoisotopic (exact) mass is 428 g/mol. The van der Waals surface area contributed by atoms with Crippen LogP contribution in [0.5, 0.6) is 0 Å². The van der Waals surface area contributed by atoms with Crippen molar-refractivity contribution >= 4 is 11.5 Å². The molecule has 0 heterocycles. The molecular weight excluding hydrogens is 403 g/mol. The topological polar surface area (TPSA) is 26.3 Å². The summed E-state index contributed by atoms with van der Waals surface area (Å²) in [6.07, 6.45) is -3.24. The van der Waals surface area contributed by atoms with Crippen molar-refractivity contribution in [1.29, 1.82) is 0 Å². The van der Waals surface area contributed by atoms with E-state index in [1.807, 2.05) is 0 Å². The molecule has 0 spiro atoms. The lowest BCUT2D eigenvalue weighted by Gasteiger charge is -2.17. The van der Waals surface area contributed by atoms with Gasteiger partial charge in [0.15, 0.2) is 5.83 Å². The second-order valence-corrected chi connectivity index (χ2v) is 7.41. The number of halogens is 5. The highest BCUT2D eigenvalue weighted by Gasteiger charge is 2.32. The van der Waals surface area contributed by atoms with E-state index in [9.17, 15) is 22.4 Å². The van der Waals surface area contributed by atoms with Crippen molar-refractivity contribution in [1.82, 2.24) is 0 Å². The molecule has 1 aromatic carbocycles. The molecule has 1 aromatic rings. The van der Waals surface area contributed by atoms with Crippen LogP contribution in [0.25, 0.3) is 5.57 Å². The molecule has 1 fully saturated rings. The van der Waals surface area contributed by atoms with Gasteiger partial charge in [-0.1, -0.05) is 18.7 Å². The van der Waals surface area contributed by atoms with Gasteiger partial charge in [0.1, 0.15) is 5.83 Å². The summed E-state index contributed by atoms with van der Waals surface area (Å²) in [5.41, 5.74) is 0.494. The molecule has 164 valence electrons. The van der Waals surface area contributed by atoms with Crippen LogP contribution in [-0.2, 0) is 9.53 Å². The largest absolute Gasteiger partial charge is 0.466 e. The van der Waals surface area contributed by atoms with E-state index in [2.05, 4.69) is 11.3 Å². The van der Waals surface area contributed by atoms with Gasteiger partial charge in [0.25, 0.3) is 0 Å². The maximum absolute atomic E-state index is 15.0. The van der Waals surface area contributed by atoms with Crippen molar-refractivity contribution in [2.45, 2.75) is 58.5 Å².